The number of nitrogens with two attached hydrogens (primary N) is 1. The molecule has 0 radical (unpaired) electrons. The van der Waals surface area contributed by atoms with Crippen molar-refractivity contribution < 1.29 is 0 Å². The molecule has 0 aliphatic rings. The van der Waals surface area contributed by atoms with Crippen LogP contribution in [0.1, 0.15) is 24.0 Å². The van der Waals surface area contributed by atoms with Crippen LogP contribution in [0, 0.1) is 0 Å². The summed E-state index contributed by atoms with van der Waals surface area (Å²) in [4.78, 5) is 3.98. The van der Waals surface area contributed by atoms with Crippen molar-refractivity contribution in [2.75, 3.05) is 0 Å². The lowest BCUT2D eigenvalue weighted by Gasteiger charge is -2.20. The third kappa shape index (κ3) is 3.09. The average Bonchev–Trinajstić information content (AvgIpc) is 2.41. The Bertz CT molecular complexity index is 499. The molecule has 94 valence electrons. The van der Waals surface area contributed by atoms with Gasteiger partial charge >= 0.3 is 0 Å². The summed E-state index contributed by atoms with van der Waals surface area (Å²) in [6, 6.07) is 12.3. The van der Waals surface area contributed by atoms with E-state index in [2.05, 4.69) is 24.0 Å². The fourth-order valence-corrected chi connectivity index (χ4v) is 2.20. The first kappa shape index (κ1) is 13.1. The van der Waals surface area contributed by atoms with Gasteiger partial charge in [-0.15, -0.1) is 0 Å². The van der Waals surface area contributed by atoms with Crippen LogP contribution in [0.5, 0.6) is 0 Å². The van der Waals surface area contributed by atoms with Gasteiger partial charge in [0.15, 0.2) is 0 Å². The third-order valence-electron chi connectivity index (χ3n) is 3.28. The van der Waals surface area contributed by atoms with E-state index >= 15 is 0 Å². The number of pyridine rings is 1. The van der Waals surface area contributed by atoms with Gasteiger partial charge in [0.25, 0.3) is 0 Å². The van der Waals surface area contributed by atoms with Crippen LogP contribution in [0.4, 0.5) is 0 Å². The zero-order valence-electron chi connectivity index (χ0n) is 10.4. The molecule has 1 heterocycles. The topological polar surface area (TPSA) is 38.9 Å². The first-order chi connectivity index (χ1) is 8.68. The lowest BCUT2D eigenvalue weighted by atomic mass is 9.90. The zero-order valence-corrected chi connectivity index (χ0v) is 11.1. The van der Waals surface area contributed by atoms with Crippen molar-refractivity contribution in [1.29, 1.82) is 0 Å². The highest BCUT2D eigenvalue weighted by molar-refractivity contribution is 6.31. The first-order valence-electron chi connectivity index (χ1n) is 6.07. The quantitative estimate of drug-likeness (QED) is 0.915. The number of aromatic nitrogens is 1. The Labute approximate surface area is 113 Å². The van der Waals surface area contributed by atoms with Gasteiger partial charge in [-0.1, -0.05) is 48.9 Å². The minimum atomic E-state index is 0.0484. The molecule has 2 unspecified atom stereocenters. The fraction of sp³-hybridized carbons (Fsp3) is 0.267. The van der Waals surface area contributed by atoms with Gasteiger partial charge in [0.1, 0.15) is 0 Å². The number of hydrogen-bond donors (Lipinski definition) is 1. The molecule has 2 N–H and O–H groups in total. The molecular weight excluding hydrogens is 244 g/mol. The van der Waals surface area contributed by atoms with Crippen LogP contribution in [0.2, 0.25) is 5.02 Å². The second kappa shape index (κ2) is 5.98. The monoisotopic (exact) mass is 260 g/mol. The maximum Gasteiger partial charge on any atom is 0.0621 e. The van der Waals surface area contributed by atoms with Gasteiger partial charge in [0.05, 0.1) is 5.02 Å². The predicted octanol–water partition coefficient (Wildman–Crippen LogP) is 3.41. The summed E-state index contributed by atoms with van der Waals surface area (Å²) < 4.78 is 0. The summed E-state index contributed by atoms with van der Waals surface area (Å²) >= 11 is 6.10. The maximum atomic E-state index is 6.27. The van der Waals surface area contributed by atoms with Gasteiger partial charge in [-0.05, 0) is 29.5 Å². The predicted molar refractivity (Wildman–Crippen MR) is 75.8 cm³/mol. The van der Waals surface area contributed by atoms with E-state index in [1.54, 1.807) is 12.4 Å². The lowest BCUT2D eigenvalue weighted by Crippen LogP contribution is -2.29. The van der Waals surface area contributed by atoms with Crippen LogP contribution in [-0.4, -0.2) is 11.0 Å². The molecule has 0 saturated carbocycles. The van der Waals surface area contributed by atoms with Crippen LogP contribution in [0.3, 0.4) is 0 Å². The largest absolute Gasteiger partial charge is 0.327 e. The highest BCUT2D eigenvalue weighted by atomic mass is 35.5. The Balaban J connectivity index is 2.09. The molecule has 0 fully saturated rings. The Hall–Kier alpha value is -1.38. The van der Waals surface area contributed by atoms with Crippen molar-refractivity contribution in [2.24, 2.45) is 5.73 Å². The van der Waals surface area contributed by atoms with Crippen molar-refractivity contribution in [3.63, 3.8) is 0 Å². The van der Waals surface area contributed by atoms with Gasteiger partial charge in [-0.3, -0.25) is 4.98 Å². The summed E-state index contributed by atoms with van der Waals surface area (Å²) in [6.45, 7) is 2.15. The minimum Gasteiger partial charge on any atom is -0.327 e. The Morgan fingerprint density at radius 3 is 2.61 bits per heavy atom. The molecule has 0 spiro atoms. The van der Waals surface area contributed by atoms with Crippen LogP contribution >= 0.6 is 11.6 Å². The van der Waals surface area contributed by atoms with Gasteiger partial charge in [0, 0.05) is 18.4 Å². The third-order valence-corrected chi connectivity index (χ3v) is 3.62. The van der Waals surface area contributed by atoms with Gasteiger partial charge in [-0.2, -0.15) is 0 Å². The van der Waals surface area contributed by atoms with Gasteiger partial charge in [-0.25, -0.2) is 0 Å². The molecule has 0 bridgehead atoms. The molecule has 1 aromatic heterocycles. The molecule has 2 nitrogen and oxygen atoms in total. The Morgan fingerprint density at radius 1 is 1.22 bits per heavy atom. The molecule has 2 aromatic rings. The molecule has 0 saturated heterocycles. The van der Waals surface area contributed by atoms with E-state index in [0.29, 0.717) is 10.9 Å². The van der Waals surface area contributed by atoms with E-state index in [1.807, 2.05) is 24.3 Å². The average molecular weight is 261 g/mol. The van der Waals surface area contributed by atoms with Crippen molar-refractivity contribution >= 4 is 11.6 Å². The van der Waals surface area contributed by atoms with Crippen molar-refractivity contribution in [3.8, 4) is 0 Å². The molecule has 2 atom stereocenters. The second-order valence-electron chi connectivity index (χ2n) is 4.53. The van der Waals surface area contributed by atoms with E-state index in [0.717, 1.165) is 12.0 Å². The van der Waals surface area contributed by atoms with E-state index in [1.165, 1.54) is 5.56 Å². The molecule has 18 heavy (non-hydrogen) atoms. The van der Waals surface area contributed by atoms with Crippen LogP contribution < -0.4 is 5.73 Å². The normalized spacial score (nSPS) is 14.2. The number of nitrogens with zero attached hydrogens (tertiary/aromatic N) is 1. The lowest BCUT2D eigenvalue weighted by molar-refractivity contribution is 0.564. The highest BCUT2D eigenvalue weighted by Crippen LogP contribution is 2.22. The fourth-order valence-electron chi connectivity index (χ4n) is 2.00. The van der Waals surface area contributed by atoms with Crippen molar-refractivity contribution in [1.82, 2.24) is 4.98 Å². The molecule has 1 aromatic carbocycles. The van der Waals surface area contributed by atoms with Gasteiger partial charge < -0.3 is 5.73 Å². The maximum absolute atomic E-state index is 6.27. The summed E-state index contributed by atoms with van der Waals surface area (Å²) in [5.41, 5.74) is 8.59. The minimum absolute atomic E-state index is 0.0484. The van der Waals surface area contributed by atoms with Crippen molar-refractivity contribution in [2.45, 2.75) is 25.3 Å². The van der Waals surface area contributed by atoms with E-state index in [4.69, 9.17) is 17.3 Å². The summed E-state index contributed by atoms with van der Waals surface area (Å²) in [5, 5.41) is 0.688. The molecule has 3 heteroatoms. The van der Waals surface area contributed by atoms with E-state index in [-0.39, 0.29) is 6.04 Å². The second-order valence-corrected chi connectivity index (χ2v) is 4.94. The van der Waals surface area contributed by atoms with Crippen LogP contribution in [0.15, 0.2) is 48.8 Å². The molecule has 0 amide bonds. The number of halogens is 1. The molecule has 2 rings (SSSR count). The zero-order chi connectivity index (χ0) is 13.0. The van der Waals surface area contributed by atoms with Crippen LogP contribution in [0.25, 0.3) is 0 Å². The smallest absolute Gasteiger partial charge is 0.0621 e. The van der Waals surface area contributed by atoms with Crippen LogP contribution in [-0.2, 0) is 6.42 Å². The Kier molecular flexibility index (Phi) is 4.34. The standard InChI is InChI=1S/C15H17ClN2/c1-11(12-5-3-2-4-6-12)15(17)9-13-7-8-18-10-14(13)16/h2-8,10-11,15H,9,17H2,1H3. The SMILES string of the molecule is CC(c1ccccc1)C(N)Cc1ccncc1Cl. The molecular formula is C15H17ClN2. The molecule has 0 aliphatic carbocycles. The molecule has 0 aliphatic heterocycles. The Morgan fingerprint density at radius 2 is 1.94 bits per heavy atom. The van der Waals surface area contributed by atoms with E-state index < -0.39 is 0 Å². The van der Waals surface area contributed by atoms with Gasteiger partial charge in [0.2, 0.25) is 0 Å². The summed E-state index contributed by atoms with van der Waals surface area (Å²) in [6.07, 6.45) is 4.18. The van der Waals surface area contributed by atoms with E-state index in [9.17, 15) is 0 Å². The summed E-state index contributed by atoms with van der Waals surface area (Å²) in [7, 11) is 0. The van der Waals surface area contributed by atoms with Crippen molar-refractivity contribution in [3.05, 3.63) is 64.9 Å². The highest BCUT2D eigenvalue weighted by Gasteiger charge is 2.16. The number of rotatable bonds is 4. The summed E-state index contributed by atoms with van der Waals surface area (Å²) in [5.74, 6) is 0.301. The first-order valence-corrected chi connectivity index (χ1v) is 6.45. The number of benzene rings is 1. The number of hydrogen-bond acceptors (Lipinski definition) is 2.